The van der Waals surface area contributed by atoms with E-state index in [4.69, 9.17) is 24.1 Å². The van der Waals surface area contributed by atoms with Crippen LogP contribution < -0.4 is 9.47 Å². The van der Waals surface area contributed by atoms with Crippen LogP contribution in [0.15, 0.2) is 12.1 Å². The summed E-state index contributed by atoms with van der Waals surface area (Å²) in [5.74, 6) is 1.68. The maximum atomic E-state index is 8.52. The number of rotatable bonds is 10. The number of halogens is 2. The molecule has 114 valence electrons. The Balaban J connectivity index is 2.23. The van der Waals surface area contributed by atoms with Gasteiger partial charge >= 0.3 is 0 Å². The van der Waals surface area contributed by atoms with E-state index in [0.29, 0.717) is 33.0 Å². The summed E-state index contributed by atoms with van der Waals surface area (Å²) in [6.07, 6.45) is 0. The summed E-state index contributed by atoms with van der Waals surface area (Å²) >= 11 is 4.43. The largest absolute Gasteiger partial charge is 0.496 e. The molecule has 1 rings (SSSR count). The lowest BCUT2D eigenvalue weighted by molar-refractivity contribution is 0.0246. The molecule has 0 heterocycles. The highest BCUT2D eigenvalue weighted by atomic mass is 127. The van der Waals surface area contributed by atoms with Gasteiger partial charge in [-0.2, -0.15) is 0 Å². The van der Waals surface area contributed by atoms with Gasteiger partial charge in [0.1, 0.15) is 18.1 Å². The number of aliphatic hydroxyl groups is 1. The number of benzene rings is 1. The molecule has 0 aliphatic rings. The molecular weight excluding hydrogens is 490 g/mol. The fraction of sp³-hybridized carbons (Fsp3) is 0.538. The molecule has 0 fully saturated rings. The van der Waals surface area contributed by atoms with Crippen molar-refractivity contribution in [1.29, 1.82) is 0 Å². The highest BCUT2D eigenvalue weighted by Crippen LogP contribution is 2.30. The molecule has 1 N–H and O–H groups in total. The van der Waals surface area contributed by atoms with Gasteiger partial charge in [0, 0.05) is 0 Å². The fourth-order valence-electron chi connectivity index (χ4n) is 1.37. The van der Waals surface area contributed by atoms with E-state index in [1.807, 2.05) is 12.1 Å². The minimum atomic E-state index is 0.0393. The number of aliphatic hydroxyl groups excluding tert-OH is 1. The van der Waals surface area contributed by atoms with Gasteiger partial charge in [0.2, 0.25) is 0 Å². The lowest BCUT2D eigenvalue weighted by Crippen LogP contribution is -2.12. The normalized spacial score (nSPS) is 10.6. The van der Waals surface area contributed by atoms with Crippen molar-refractivity contribution >= 4 is 45.2 Å². The zero-order chi connectivity index (χ0) is 14.8. The first-order valence-electron chi connectivity index (χ1n) is 6.11. The van der Waals surface area contributed by atoms with Gasteiger partial charge in [0.25, 0.3) is 0 Å². The second-order valence-corrected chi connectivity index (χ2v) is 6.04. The molecule has 0 saturated heterocycles. The summed E-state index contributed by atoms with van der Waals surface area (Å²) in [6.45, 7) is 2.36. The predicted octanol–water partition coefficient (Wildman–Crippen LogP) is 2.31. The molecule has 7 heteroatoms. The van der Waals surface area contributed by atoms with Crippen LogP contribution in [-0.2, 0) is 9.47 Å². The molecule has 0 aromatic heterocycles. The van der Waals surface area contributed by atoms with E-state index < -0.39 is 0 Å². The fourth-order valence-corrected chi connectivity index (χ4v) is 2.63. The van der Waals surface area contributed by atoms with Crippen molar-refractivity contribution in [3.8, 4) is 11.5 Å². The van der Waals surface area contributed by atoms with Gasteiger partial charge in [0.05, 0.1) is 47.3 Å². The van der Waals surface area contributed by atoms with Crippen LogP contribution in [0.25, 0.3) is 0 Å². The molecular formula is C13H18I2O5. The minimum absolute atomic E-state index is 0.0393. The smallest absolute Gasteiger partial charge is 0.134 e. The van der Waals surface area contributed by atoms with Crippen molar-refractivity contribution in [3.63, 3.8) is 0 Å². The zero-order valence-electron chi connectivity index (χ0n) is 11.2. The second kappa shape index (κ2) is 10.8. The maximum Gasteiger partial charge on any atom is 0.134 e. The Kier molecular flexibility index (Phi) is 9.86. The molecule has 20 heavy (non-hydrogen) atoms. The van der Waals surface area contributed by atoms with Crippen molar-refractivity contribution in [1.82, 2.24) is 0 Å². The molecule has 1 aromatic carbocycles. The Hall–Kier alpha value is 0.160. The third-order valence-electron chi connectivity index (χ3n) is 2.30. The molecule has 1 aromatic rings. The van der Waals surface area contributed by atoms with Crippen LogP contribution in [0.4, 0.5) is 0 Å². The Morgan fingerprint density at radius 1 is 0.900 bits per heavy atom. The summed E-state index contributed by atoms with van der Waals surface area (Å²) in [5.41, 5.74) is 0. The van der Waals surface area contributed by atoms with Crippen molar-refractivity contribution in [2.75, 3.05) is 46.8 Å². The summed E-state index contributed by atoms with van der Waals surface area (Å²) in [5, 5.41) is 8.52. The maximum absolute atomic E-state index is 8.52. The van der Waals surface area contributed by atoms with Crippen LogP contribution in [0.3, 0.4) is 0 Å². The standard InChI is InChI=1S/C13H18I2O5/c1-17-12-8-11(15)13(9-10(12)14)20-7-6-19-5-4-18-3-2-16/h8-9,16H,2-7H2,1H3. The molecule has 0 radical (unpaired) electrons. The van der Waals surface area contributed by atoms with Gasteiger partial charge < -0.3 is 24.1 Å². The molecule has 0 aliphatic carbocycles. The SMILES string of the molecule is COc1cc(I)c(OCCOCCOCCO)cc1I. The summed E-state index contributed by atoms with van der Waals surface area (Å²) in [7, 11) is 1.65. The summed E-state index contributed by atoms with van der Waals surface area (Å²) in [4.78, 5) is 0. The Morgan fingerprint density at radius 3 is 2.10 bits per heavy atom. The van der Waals surface area contributed by atoms with E-state index in [9.17, 15) is 0 Å². The molecule has 0 spiro atoms. The average Bonchev–Trinajstić information content (AvgIpc) is 2.44. The molecule has 0 unspecified atom stereocenters. The quantitative estimate of drug-likeness (QED) is 0.389. The Bertz CT molecular complexity index is 401. The van der Waals surface area contributed by atoms with Crippen LogP contribution in [0.5, 0.6) is 11.5 Å². The van der Waals surface area contributed by atoms with Crippen LogP contribution in [0, 0.1) is 7.14 Å². The van der Waals surface area contributed by atoms with Gasteiger partial charge in [-0.3, -0.25) is 0 Å². The van der Waals surface area contributed by atoms with E-state index in [0.717, 1.165) is 18.6 Å². The molecule has 5 nitrogen and oxygen atoms in total. The summed E-state index contributed by atoms with van der Waals surface area (Å²) in [6, 6.07) is 3.90. The Labute approximate surface area is 146 Å². The van der Waals surface area contributed by atoms with Crippen LogP contribution in [0.2, 0.25) is 0 Å². The summed E-state index contributed by atoms with van der Waals surface area (Å²) < 4.78 is 23.4. The predicted molar refractivity (Wildman–Crippen MR) is 92.6 cm³/mol. The molecule has 0 atom stereocenters. The minimum Gasteiger partial charge on any atom is -0.496 e. The van der Waals surface area contributed by atoms with Crippen molar-refractivity contribution in [2.24, 2.45) is 0 Å². The first-order chi connectivity index (χ1) is 9.69. The van der Waals surface area contributed by atoms with Crippen molar-refractivity contribution < 1.29 is 24.1 Å². The number of methoxy groups -OCH3 is 1. The number of ether oxygens (including phenoxy) is 4. The van der Waals surface area contributed by atoms with Gasteiger partial charge in [-0.1, -0.05) is 0 Å². The highest BCUT2D eigenvalue weighted by molar-refractivity contribution is 14.1. The van der Waals surface area contributed by atoms with E-state index in [2.05, 4.69) is 45.2 Å². The van der Waals surface area contributed by atoms with Gasteiger partial charge in [0.15, 0.2) is 0 Å². The Morgan fingerprint density at radius 2 is 1.45 bits per heavy atom. The lowest BCUT2D eigenvalue weighted by atomic mass is 10.3. The first kappa shape index (κ1) is 18.2. The third kappa shape index (κ3) is 6.74. The van der Waals surface area contributed by atoms with Crippen molar-refractivity contribution in [3.05, 3.63) is 19.3 Å². The van der Waals surface area contributed by atoms with Crippen LogP contribution >= 0.6 is 45.2 Å². The number of hydrogen-bond donors (Lipinski definition) is 1. The van der Waals surface area contributed by atoms with Crippen molar-refractivity contribution in [2.45, 2.75) is 0 Å². The molecule has 0 amide bonds. The molecule has 0 saturated carbocycles. The topological polar surface area (TPSA) is 57.2 Å². The van der Waals surface area contributed by atoms with E-state index >= 15 is 0 Å². The first-order valence-corrected chi connectivity index (χ1v) is 8.27. The van der Waals surface area contributed by atoms with Gasteiger partial charge in [-0.25, -0.2) is 0 Å². The lowest BCUT2D eigenvalue weighted by Gasteiger charge is -2.11. The highest BCUT2D eigenvalue weighted by Gasteiger charge is 2.07. The van der Waals surface area contributed by atoms with E-state index in [1.54, 1.807) is 7.11 Å². The molecule has 0 bridgehead atoms. The average molecular weight is 508 g/mol. The molecule has 0 aliphatic heterocycles. The monoisotopic (exact) mass is 508 g/mol. The second-order valence-electron chi connectivity index (χ2n) is 3.71. The van der Waals surface area contributed by atoms with Gasteiger partial charge in [-0.15, -0.1) is 0 Å². The van der Waals surface area contributed by atoms with Gasteiger partial charge in [-0.05, 0) is 57.3 Å². The number of hydrogen-bond acceptors (Lipinski definition) is 5. The van der Waals surface area contributed by atoms with Crippen LogP contribution in [0.1, 0.15) is 0 Å². The van der Waals surface area contributed by atoms with E-state index in [-0.39, 0.29) is 6.61 Å². The zero-order valence-corrected chi connectivity index (χ0v) is 15.5. The van der Waals surface area contributed by atoms with E-state index in [1.165, 1.54) is 0 Å². The third-order valence-corrected chi connectivity index (χ3v) is 3.99. The van der Waals surface area contributed by atoms with Crippen LogP contribution in [-0.4, -0.2) is 51.9 Å².